The van der Waals surface area contributed by atoms with E-state index in [1.165, 1.54) is 23.5 Å². The van der Waals surface area contributed by atoms with Crippen LogP contribution in [0.1, 0.15) is 10.9 Å². The lowest BCUT2D eigenvalue weighted by atomic mass is 10.2. The Kier molecular flexibility index (Phi) is 3.62. The van der Waals surface area contributed by atoms with Crippen molar-refractivity contribution in [2.75, 3.05) is 5.32 Å². The standard InChI is InChI=1S/C12H8ClFN2S/c13-9-6-8(3-4-10(9)14)16-11(7-15)12-2-1-5-17-12/h1-6,11,16H/t11-/m0/s1. The largest absolute Gasteiger partial charge is 0.365 e. The van der Waals surface area contributed by atoms with Crippen LogP contribution in [0.5, 0.6) is 0 Å². The summed E-state index contributed by atoms with van der Waals surface area (Å²) in [7, 11) is 0. The Morgan fingerprint density at radius 3 is 2.82 bits per heavy atom. The zero-order chi connectivity index (χ0) is 12.3. The minimum atomic E-state index is -0.471. The van der Waals surface area contributed by atoms with E-state index in [4.69, 9.17) is 16.9 Å². The molecular weight excluding hydrogens is 259 g/mol. The van der Waals surface area contributed by atoms with Crippen LogP contribution >= 0.6 is 22.9 Å². The molecule has 0 fully saturated rings. The zero-order valence-electron chi connectivity index (χ0n) is 8.65. The quantitative estimate of drug-likeness (QED) is 0.903. The van der Waals surface area contributed by atoms with Crippen molar-refractivity contribution in [3.05, 3.63) is 51.4 Å². The summed E-state index contributed by atoms with van der Waals surface area (Å²) in [6, 6.07) is 9.75. The number of nitrogens with one attached hydrogen (secondary N) is 1. The number of hydrogen-bond acceptors (Lipinski definition) is 3. The lowest BCUT2D eigenvalue weighted by Crippen LogP contribution is -2.06. The summed E-state index contributed by atoms with van der Waals surface area (Å²) in [4.78, 5) is 0.910. The molecule has 86 valence electrons. The zero-order valence-corrected chi connectivity index (χ0v) is 10.2. The number of benzene rings is 1. The van der Waals surface area contributed by atoms with Crippen molar-refractivity contribution in [2.45, 2.75) is 6.04 Å². The highest BCUT2D eigenvalue weighted by Gasteiger charge is 2.11. The Hall–Kier alpha value is -1.57. The Balaban J connectivity index is 2.20. The summed E-state index contributed by atoms with van der Waals surface area (Å²) >= 11 is 7.16. The summed E-state index contributed by atoms with van der Waals surface area (Å²) in [5.41, 5.74) is 0.622. The number of nitriles is 1. The molecule has 0 aliphatic rings. The van der Waals surface area contributed by atoms with Gasteiger partial charge in [-0.05, 0) is 29.6 Å². The van der Waals surface area contributed by atoms with Gasteiger partial charge in [0.25, 0.3) is 0 Å². The molecule has 1 heterocycles. The van der Waals surface area contributed by atoms with Gasteiger partial charge in [0.1, 0.15) is 11.9 Å². The first-order valence-corrected chi connectivity index (χ1v) is 6.11. The molecule has 0 aliphatic carbocycles. The lowest BCUT2D eigenvalue weighted by Gasteiger charge is -2.11. The third-order valence-electron chi connectivity index (χ3n) is 2.19. The van der Waals surface area contributed by atoms with Crippen LogP contribution in [-0.2, 0) is 0 Å². The molecule has 1 N–H and O–H groups in total. The fraction of sp³-hybridized carbons (Fsp3) is 0.0833. The number of thiophene rings is 1. The number of anilines is 1. The maximum absolute atomic E-state index is 13.0. The lowest BCUT2D eigenvalue weighted by molar-refractivity contribution is 0.628. The summed E-state index contributed by atoms with van der Waals surface area (Å²) < 4.78 is 13.0. The average molecular weight is 267 g/mol. The van der Waals surface area contributed by atoms with Crippen LogP contribution in [0.15, 0.2) is 35.7 Å². The Morgan fingerprint density at radius 1 is 1.41 bits per heavy atom. The fourth-order valence-corrected chi connectivity index (χ4v) is 2.27. The minimum absolute atomic E-state index is 0.0397. The van der Waals surface area contributed by atoms with Gasteiger partial charge in [0.05, 0.1) is 11.1 Å². The van der Waals surface area contributed by atoms with E-state index in [0.717, 1.165) is 4.88 Å². The molecule has 2 aromatic rings. The van der Waals surface area contributed by atoms with Crippen molar-refractivity contribution < 1.29 is 4.39 Å². The molecule has 2 rings (SSSR count). The van der Waals surface area contributed by atoms with Crippen molar-refractivity contribution in [3.8, 4) is 6.07 Å². The van der Waals surface area contributed by atoms with E-state index in [2.05, 4.69) is 11.4 Å². The van der Waals surface area contributed by atoms with Crippen molar-refractivity contribution in [1.82, 2.24) is 0 Å². The molecule has 1 atom stereocenters. The van der Waals surface area contributed by atoms with Crippen LogP contribution in [0.25, 0.3) is 0 Å². The molecule has 1 aromatic heterocycles. The second kappa shape index (κ2) is 5.17. The SMILES string of the molecule is N#C[C@H](Nc1ccc(F)c(Cl)c1)c1cccs1. The van der Waals surface area contributed by atoms with E-state index in [9.17, 15) is 4.39 Å². The number of halogens is 2. The maximum Gasteiger partial charge on any atom is 0.149 e. The first-order valence-electron chi connectivity index (χ1n) is 4.85. The first kappa shape index (κ1) is 11.9. The molecule has 0 saturated carbocycles. The highest BCUT2D eigenvalue weighted by Crippen LogP contribution is 2.25. The average Bonchev–Trinajstić information content (AvgIpc) is 2.84. The molecule has 0 radical (unpaired) electrons. The van der Waals surface area contributed by atoms with Gasteiger partial charge in [0.2, 0.25) is 0 Å². The third kappa shape index (κ3) is 2.76. The van der Waals surface area contributed by atoms with Gasteiger partial charge in [-0.3, -0.25) is 0 Å². The van der Waals surface area contributed by atoms with Gasteiger partial charge >= 0.3 is 0 Å². The Labute approximate surface area is 107 Å². The van der Waals surface area contributed by atoms with Crippen LogP contribution in [0.3, 0.4) is 0 Å². The monoisotopic (exact) mass is 266 g/mol. The minimum Gasteiger partial charge on any atom is -0.365 e. The molecule has 2 nitrogen and oxygen atoms in total. The molecule has 5 heteroatoms. The third-order valence-corrected chi connectivity index (χ3v) is 3.41. The molecule has 0 saturated heterocycles. The van der Waals surface area contributed by atoms with Gasteiger partial charge in [0, 0.05) is 10.6 Å². The number of rotatable bonds is 3. The van der Waals surface area contributed by atoms with E-state index in [-0.39, 0.29) is 5.02 Å². The van der Waals surface area contributed by atoms with Gasteiger partial charge in [-0.1, -0.05) is 17.7 Å². The first-order chi connectivity index (χ1) is 8.20. The summed E-state index contributed by atoms with van der Waals surface area (Å²) in [6.07, 6.45) is 0. The topological polar surface area (TPSA) is 35.8 Å². The summed E-state index contributed by atoms with van der Waals surface area (Å²) in [5.74, 6) is -0.471. The predicted molar refractivity (Wildman–Crippen MR) is 67.7 cm³/mol. The van der Waals surface area contributed by atoms with Crippen LogP contribution in [0, 0.1) is 17.1 Å². The number of hydrogen-bond donors (Lipinski definition) is 1. The normalized spacial score (nSPS) is 11.8. The van der Waals surface area contributed by atoms with Crippen molar-refractivity contribution in [3.63, 3.8) is 0 Å². The highest BCUT2D eigenvalue weighted by molar-refractivity contribution is 7.10. The molecular formula is C12H8ClFN2S. The van der Waals surface area contributed by atoms with E-state index >= 15 is 0 Å². The number of nitrogens with zero attached hydrogens (tertiary/aromatic N) is 1. The molecule has 0 unspecified atom stereocenters. The van der Waals surface area contributed by atoms with Crippen molar-refractivity contribution in [2.24, 2.45) is 0 Å². The molecule has 1 aromatic carbocycles. The summed E-state index contributed by atoms with van der Waals surface area (Å²) in [6.45, 7) is 0. The fourth-order valence-electron chi connectivity index (χ4n) is 1.38. The van der Waals surface area contributed by atoms with Crippen molar-refractivity contribution in [1.29, 1.82) is 5.26 Å². The smallest absolute Gasteiger partial charge is 0.149 e. The van der Waals surface area contributed by atoms with E-state index in [0.29, 0.717) is 5.69 Å². The predicted octanol–water partition coefficient (Wildman–Crippen LogP) is 4.22. The van der Waals surface area contributed by atoms with Crippen molar-refractivity contribution >= 4 is 28.6 Å². The molecule has 0 bridgehead atoms. The maximum atomic E-state index is 13.0. The summed E-state index contributed by atoms with van der Waals surface area (Å²) in [5, 5.41) is 14.0. The van der Waals surface area contributed by atoms with Gasteiger partial charge in [0.15, 0.2) is 0 Å². The van der Waals surface area contributed by atoms with Crippen LogP contribution in [0.4, 0.5) is 10.1 Å². The Bertz CT molecular complexity index is 548. The van der Waals surface area contributed by atoms with Gasteiger partial charge < -0.3 is 5.32 Å². The Morgan fingerprint density at radius 2 is 2.24 bits per heavy atom. The second-order valence-corrected chi connectivity index (χ2v) is 4.74. The van der Waals surface area contributed by atoms with E-state index in [1.54, 1.807) is 6.07 Å². The molecule has 0 spiro atoms. The van der Waals surface area contributed by atoms with Gasteiger partial charge in [-0.2, -0.15) is 5.26 Å². The van der Waals surface area contributed by atoms with E-state index in [1.807, 2.05) is 17.5 Å². The molecule has 0 aliphatic heterocycles. The van der Waals surface area contributed by atoms with E-state index < -0.39 is 11.9 Å². The molecule has 0 amide bonds. The molecule has 17 heavy (non-hydrogen) atoms. The van der Waals surface area contributed by atoms with Crippen LogP contribution < -0.4 is 5.32 Å². The van der Waals surface area contributed by atoms with Crippen LogP contribution in [0.2, 0.25) is 5.02 Å². The van der Waals surface area contributed by atoms with Gasteiger partial charge in [-0.15, -0.1) is 11.3 Å². The highest BCUT2D eigenvalue weighted by atomic mass is 35.5. The van der Waals surface area contributed by atoms with Gasteiger partial charge in [-0.25, -0.2) is 4.39 Å². The second-order valence-electron chi connectivity index (χ2n) is 3.35. The van der Waals surface area contributed by atoms with Crippen LogP contribution in [-0.4, -0.2) is 0 Å².